The number of aromatic nitrogens is 2. The molecule has 1 aliphatic rings. The van der Waals surface area contributed by atoms with Crippen LogP contribution >= 0.6 is 0 Å². The van der Waals surface area contributed by atoms with E-state index in [-0.39, 0.29) is 30.2 Å². The van der Waals surface area contributed by atoms with E-state index in [9.17, 15) is 9.59 Å². The smallest absolute Gasteiger partial charge is 0.229 e. The van der Waals surface area contributed by atoms with E-state index < -0.39 is 0 Å². The highest BCUT2D eigenvalue weighted by atomic mass is 16.2. The fourth-order valence-electron chi connectivity index (χ4n) is 3.67. The highest BCUT2D eigenvalue weighted by molar-refractivity contribution is 5.97. The quantitative estimate of drug-likeness (QED) is 0.758. The molecule has 0 radical (unpaired) electrons. The van der Waals surface area contributed by atoms with Gasteiger partial charge in [-0.05, 0) is 44.5 Å². The Balaban J connectivity index is 1.47. The van der Waals surface area contributed by atoms with Gasteiger partial charge in [0.05, 0.1) is 11.6 Å². The number of carbonyl (C=O) groups excluding carboxylic acids is 2. The second-order valence-electron chi connectivity index (χ2n) is 7.66. The summed E-state index contributed by atoms with van der Waals surface area (Å²) in [6.45, 7) is 6.47. The maximum absolute atomic E-state index is 12.5. The van der Waals surface area contributed by atoms with Gasteiger partial charge < -0.3 is 14.6 Å². The predicted molar refractivity (Wildman–Crippen MR) is 109 cm³/mol. The molecule has 2 aromatic heterocycles. The molecule has 0 spiro atoms. The molecule has 3 aromatic rings. The highest BCUT2D eigenvalue weighted by Gasteiger charge is 2.35. The Labute approximate surface area is 164 Å². The maximum Gasteiger partial charge on any atom is 0.229 e. The second kappa shape index (κ2) is 7.11. The minimum atomic E-state index is -0.295. The SMILES string of the molecule is Cc1cccn2cc(-c3ccc(NC(=O)C4CC(=O)N(C(C)C)C4)cc3)nc12. The first-order valence-corrected chi connectivity index (χ1v) is 9.57. The van der Waals surface area contributed by atoms with E-state index >= 15 is 0 Å². The summed E-state index contributed by atoms with van der Waals surface area (Å²) in [6, 6.07) is 11.8. The van der Waals surface area contributed by atoms with Crippen LogP contribution in [-0.4, -0.2) is 38.7 Å². The molecule has 28 heavy (non-hydrogen) atoms. The van der Waals surface area contributed by atoms with Crippen molar-refractivity contribution in [2.45, 2.75) is 33.2 Å². The highest BCUT2D eigenvalue weighted by Crippen LogP contribution is 2.24. The summed E-state index contributed by atoms with van der Waals surface area (Å²) >= 11 is 0. The summed E-state index contributed by atoms with van der Waals surface area (Å²) in [5, 5.41) is 2.93. The summed E-state index contributed by atoms with van der Waals surface area (Å²) in [7, 11) is 0. The van der Waals surface area contributed by atoms with Gasteiger partial charge in [-0.25, -0.2) is 4.98 Å². The number of likely N-dealkylation sites (tertiary alicyclic amines) is 1. The second-order valence-corrected chi connectivity index (χ2v) is 7.66. The number of pyridine rings is 1. The zero-order chi connectivity index (χ0) is 19.8. The normalized spacial score (nSPS) is 16.9. The van der Waals surface area contributed by atoms with Gasteiger partial charge in [0.15, 0.2) is 0 Å². The average Bonchev–Trinajstić information content (AvgIpc) is 3.27. The molecule has 6 nitrogen and oxygen atoms in total. The number of nitrogens with one attached hydrogen (secondary N) is 1. The van der Waals surface area contributed by atoms with Crippen LogP contribution in [0.4, 0.5) is 5.69 Å². The summed E-state index contributed by atoms with van der Waals surface area (Å²) in [5.74, 6) is -0.351. The summed E-state index contributed by atoms with van der Waals surface area (Å²) < 4.78 is 2.01. The molecule has 0 saturated carbocycles. The van der Waals surface area contributed by atoms with Crippen molar-refractivity contribution in [3.8, 4) is 11.3 Å². The molecule has 1 saturated heterocycles. The fraction of sp³-hybridized carbons (Fsp3) is 0.318. The van der Waals surface area contributed by atoms with Crippen LogP contribution in [0.1, 0.15) is 25.8 Å². The Morgan fingerprint density at radius 3 is 2.61 bits per heavy atom. The van der Waals surface area contributed by atoms with Crippen molar-refractivity contribution in [1.29, 1.82) is 0 Å². The van der Waals surface area contributed by atoms with Crippen LogP contribution in [0.5, 0.6) is 0 Å². The third-order valence-corrected chi connectivity index (χ3v) is 5.28. The molecular formula is C22H24N4O2. The number of fused-ring (bicyclic) bond motifs is 1. The lowest BCUT2D eigenvalue weighted by atomic mass is 10.1. The Kier molecular flexibility index (Phi) is 4.63. The summed E-state index contributed by atoms with van der Waals surface area (Å²) in [6.07, 6.45) is 4.26. The van der Waals surface area contributed by atoms with Gasteiger partial charge >= 0.3 is 0 Å². The molecule has 4 rings (SSSR count). The molecule has 144 valence electrons. The minimum Gasteiger partial charge on any atom is -0.339 e. The number of anilines is 1. The van der Waals surface area contributed by atoms with Crippen LogP contribution in [-0.2, 0) is 9.59 Å². The molecule has 2 amide bonds. The Bertz CT molecular complexity index is 1040. The van der Waals surface area contributed by atoms with Crippen LogP contribution in [0, 0.1) is 12.8 Å². The van der Waals surface area contributed by atoms with Crippen molar-refractivity contribution < 1.29 is 9.59 Å². The first-order chi connectivity index (χ1) is 13.4. The van der Waals surface area contributed by atoms with Gasteiger partial charge in [0.1, 0.15) is 5.65 Å². The van der Waals surface area contributed by atoms with Crippen LogP contribution in [0.25, 0.3) is 16.9 Å². The van der Waals surface area contributed by atoms with Crippen molar-refractivity contribution in [3.63, 3.8) is 0 Å². The van der Waals surface area contributed by atoms with Crippen LogP contribution in [0.3, 0.4) is 0 Å². The van der Waals surface area contributed by atoms with Gasteiger partial charge in [0, 0.05) is 42.7 Å². The molecule has 1 unspecified atom stereocenters. The largest absolute Gasteiger partial charge is 0.339 e. The number of carbonyl (C=O) groups is 2. The van der Waals surface area contributed by atoms with E-state index in [0.29, 0.717) is 6.54 Å². The Morgan fingerprint density at radius 1 is 1.21 bits per heavy atom. The number of nitrogens with zero attached hydrogens (tertiary/aromatic N) is 3. The van der Waals surface area contributed by atoms with E-state index in [1.165, 1.54) is 0 Å². The molecule has 1 atom stereocenters. The van der Waals surface area contributed by atoms with Crippen molar-refractivity contribution in [2.24, 2.45) is 5.92 Å². The van der Waals surface area contributed by atoms with E-state index in [1.54, 1.807) is 4.90 Å². The van der Waals surface area contributed by atoms with Crippen LogP contribution < -0.4 is 5.32 Å². The number of imidazole rings is 1. The molecular weight excluding hydrogens is 352 g/mol. The van der Waals surface area contributed by atoms with Gasteiger partial charge in [-0.3, -0.25) is 9.59 Å². The average molecular weight is 376 g/mol. The van der Waals surface area contributed by atoms with E-state index in [1.807, 2.05) is 74.0 Å². The van der Waals surface area contributed by atoms with Gasteiger partial charge in [-0.2, -0.15) is 0 Å². The fourth-order valence-corrected chi connectivity index (χ4v) is 3.67. The van der Waals surface area contributed by atoms with Crippen LogP contribution in [0.15, 0.2) is 48.8 Å². The molecule has 1 aliphatic heterocycles. The zero-order valence-electron chi connectivity index (χ0n) is 16.3. The number of amides is 2. The lowest BCUT2D eigenvalue weighted by molar-refractivity contribution is -0.129. The molecule has 0 aliphatic carbocycles. The number of benzene rings is 1. The molecule has 0 bridgehead atoms. The summed E-state index contributed by atoms with van der Waals surface area (Å²) in [5.41, 5.74) is 4.67. The lowest BCUT2D eigenvalue weighted by Crippen LogP contribution is -2.33. The maximum atomic E-state index is 12.5. The van der Waals surface area contributed by atoms with E-state index in [4.69, 9.17) is 4.98 Å². The third kappa shape index (κ3) is 3.38. The Hall–Kier alpha value is -3.15. The number of rotatable bonds is 4. The van der Waals surface area contributed by atoms with E-state index in [2.05, 4.69) is 5.32 Å². The lowest BCUT2D eigenvalue weighted by Gasteiger charge is -2.20. The predicted octanol–water partition coefficient (Wildman–Crippen LogP) is 3.51. The topological polar surface area (TPSA) is 66.7 Å². The minimum absolute atomic E-state index is 0.0487. The third-order valence-electron chi connectivity index (χ3n) is 5.28. The summed E-state index contributed by atoms with van der Waals surface area (Å²) in [4.78, 5) is 31.0. The van der Waals surface area contributed by atoms with Gasteiger partial charge in [0.25, 0.3) is 0 Å². The van der Waals surface area contributed by atoms with Crippen LogP contribution in [0.2, 0.25) is 0 Å². The molecule has 1 aromatic carbocycles. The van der Waals surface area contributed by atoms with Crippen molar-refractivity contribution in [1.82, 2.24) is 14.3 Å². The van der Waals surface area contributed by atoms with Crippen molar-refractivity contribution in [2.75, 3.05) is 11.9 Å². The molecule has 3 heterocycles. The van der Waals surface area contributed by atoms with Crippen molar-refractivity contribution in [3.05, 3.63) is 54.4 Å². The first-order valence-electron chi connectivity index (χ1n) is 9.57. The number of aryl methyl sites for hydroxylation is 1. The number of hydrogen-bond donors (Lipinski definition) is 1. The molecule has 1 N–H and O–H groups in total. The first kappa shape index (κ1) is 18.2. The number of hydrogen-bond acceptors (Lipinski definition) is 3. The van der Waals surface area contributed by atoms with Gasteiger partial charge in [-0.15, -0.1) is 0 Å². The van der Waals surface area contributed by atoms with Crippen molar-refractivity contribution >= 4 is 23.1 Å². The monoisotopic (exact) mass is 376 g/mol. The molecule has 6 heteroatoms. The standard InChI is InChI=1S/C22H24N4O2/c1-14(2)26-12-17(11-20(26)27)22(28)23-18-8-6-16(7-9-18)19-13-25-10-4-5-15(3)21(25)24-19/h4-10,13-14,17H,11-12H2,1-3H3,(H,23,28). The zero-order valence-corrected chi connectivity index (χ0v) is 16.3. The van der Waals surface area contributed by atoms with Gasteiger partial charge in [0.2, 0.25) is 11.8 Å². The van der Waals surface area contributed by atoms with Gasteiger partial charge in [-0.1, -0.05) is 18.2 Å². The molecule has 1 fully saturated rings. The Morgan fingerprint density at radius 2 is 1.96 bits per heavy atom. The van der Waals surface area contributed by atoms with E-state index in [0.717, 1.165) is 28.2 Å².